The van der Waals surface area contributed by atoms with Crippen molar-refractivity contribution in [2.24, 2.45) is 4.99 Å². The summed E-state index contributed by atoms with van der Waals surface area (Å²) in [5.74, 6) is 0. The normalized spacial score (nSPS) is 13.7. The van der Waals surface area contributed by atoms with Crippen LogP contribution in [0.4, 0.5) is 0 Å². The molecule has 2 aromatic rings. The molecular weight excluding hydrogens is 174 g/mol. The number of hydrogen-bond donors (Lipinski definition) is 2. The second kappa shape index (κ2) is 2.73. The van der Waals surface area contributed by atoms with Crippen LogP contribution in [0.2, 0.25) is 0 Å². The summed E-state index contributed by atoms with van der Waals surface area (Å²) in [5, 5.41) is 6.22. The number of hydrogen-bond acceptors (Lipinski definition) is 2. The highest BCUT2D eigenvalue weighted by Gasteiger charge is 1.99. The summed E-state index contributed by atoms with van der Waals surface area (Å²) in [6.07, 6.45) is 5.49. The number of aromatic amines is 1. The van der Waals surface area contributed by atoms with Crippen molar-refractivity contribution in [1.82, 2.24) is 10.3 Å². The summed E-state index contributed by atoms with van der Waals surface area (Å²) in [4.78, 5) is 7.67. The fourth-order valence-corrected chi connectivity index (χ4v) is 1.68. The summed E-state index contributed by atoms with van der Waals surface area (Å²) < 4.78 is 0. The first-order valence-electron chi connectivity index (χ1n) is 4.51. The molecule has 0 radical (unpaired) electrons. The van der Waals surface area contributed by atoms with E-state index in [-0.39, 0.29) is 0 Å². The van der Waals surface area contributed by atoms with Crippen molar-refractivity contribution in [2.75, 3.05) is 0 Å². The third kappa shape index (κ3) is 0.956. The fourth-order valence-electron chi connectivity index (χ4n) is 1.68. The Balaban J connectivity index is 2.59. The van der Waals surface area contributed by atoms with E-state index in [0.717, 1.165) is 21.6 Å². The molecule has 1 aromatic carbocycles. The maximum absolute atomic E-state index is 4.37. The molecule has 2 N–H and O–H groups in total. The first kappa shape index (κ1) is 7.38. The lowest BCUT2D eigenvalue weighted by atomic mass is 10.2. The molecule has 68 valence electrons. The first-order chi connectivity index (χ1) is 6.95. The minimum absolute atomic E-state index is 1.00. The van der Waals surface area contributed by atoms with Crippen molar-refractivity contribution in [3.63, 3.8) is 0 Å². The Morgan fingerprint density at radius 2 is 2.07 bits per heavy atom. The third-order valence-electron chi connectivity index (χ3n) is 2.31. The van der Waals surface area contributed by atoms with Gasteiger partial charge < -0.3 is 10.3 Å². The van der Waals surface area contributed by atoms with Crippen LogP contribution in [0.15, 0.2) is 41.7 Å². The Kier molecular flexibility index (Phi) is 1.44. The van der Waals surface area contributed by atoms with E-state index in [1.807, 2.05) is 24.5 Å². The molecule has 0 saturated carbocycles. The Bertz CT molecular complexity index is 620. The molecule has 14 heavy (non-hydrogen) atoms. The Labute approximate surface area is 80.5 Å². The second-order valence-corrected chi connectivity index (χ2v) is 3.19. The quantitative estimate of drug-likeness (QED) is 0.617. The van der Waals surface area contributed by atoms with Crippen LogP contribution in [0.25, 0.3) is 17.1 Å². The van der Waals surface area contributed by atoms with Crippen LogP contribution in [0.1, 0.15) is 0 Å². The number of para-hydroxylation sites is 1. The van der Waals surface area contributed by atoms with E-state index < -0.39 is 0 Å². The SMILES string of the molecule is C1=CNC=c2[nH]c3ccccc3c2=N1. The van der Waals surface area contributed by atoms with Crippen LogP contribution in [-0.2, 0) is 0 Å². The van der Waals surface area contributed by atoms with Gasteiger partial charge in [0.1, 0.15) is 0 Å². The van der Waals surface area contributed by atoms with Crippen molar-refractivity contribution < 1.29 is 0 Å². The molecule has 0 aliphatic carbocycles. The predicted octanol–water partition coefficient (Wildman–Crippen LogP) is 0.600. The summed E-state index contributed by atoms with van der Waals surface area (Å²) >= 11 is 0. The summed E-state index contributed by atoms with van der Waals surface area (Å²) in [6, 6.07) is 8.16. The molecule has 0 unspecified atom stereocenters. The molecule has 1 aromatic heterocycles. The molecule has 1 aliphatic rings. The van der Waals surface area contributed by atoms with E-state index in [1.165, 1.54) is 0 Å². The van der Waals surface area contributed by atoms with Crippen LogP contribution in [0.3, 0.4) is 0 Å². The minimum atomic E-state index is 1.00. The van der Waals surface area contributed by atoms with Crippen LogP contribution in [0, 0.1) is 0 Å². The van der Waals surface area contributed by atoms with Crippen molar-refractivity contribution in [1.29, 1.82) is 0 Å². The van der Waals surface area contributed by atoms with Gasteiger partial charge in [0, 0.05) is 29.5 Å². The number of nitrogens with one attached hydrogen (secondary N) is 2. The molecule has 0 bridgehead atoms. The van der Waals surface area contributed by atoms with Gasteiger partial charge in [0.05, 0.1) is 10.7 Å². The zero-order valence-electron chi connectivity index (χ0n) is 7.49. The molecule has 0 amide bonds. The second-order valence-electron chi connectivity index (χ2n) is 3.19. The predicted molar refractivity (Wildman–Crippen MR) is 55.8 cm³/mol. The number of fused-ring (bicyclic) bond motifs is 3. The zero-order valence-corrected chi connectivity index (χ0v) is 7.49. The summed E-state index contributed by atoms with van der Waals surface area (Å²) in [7, 11) is 0. The monoisotopic (exact) mass is 183 g/mol. The van der Waals surface area contributed by atoms with E-state index in [1.54, 1.807) is 6.20 Å². The average molecular weight is 183 g/mol. The third-order valence-corrected chi connectivity index (χ3v) is 2.31. The standard InChI is InChI=1S/C11H9N3/c1-2-4-9-8(3-1)11-10(14-9)7-12-5-6-13-11/h1-7,12,14H. The van der Waals surface area contributed by atoms with Gasteiger partial charge in [-0.2, -0.15) is 0 Å². The van der Waals surface area contributed by atoms with Crippen LogP contribution in [-0.4, -0.2) is 4.98 Å². The topological polar surface area (TPSA) is 40.2 Å². The van der Waals surface area contributed by atoms with Gasteiger partial charge in [-0.05, 0) is 6.07 Å². The lowest BCUT2D eigenvalue weighted by Gasteiger charge is -1.85. The lowest BCUT2D eigenvalue weighted by molar-refractivity contribution is 1.24. The molecule has 3 heteroatoms. The van der Waals surface area contributed by atoms with E-state index >= 15 is 0 Å². The molecule has 0 saturated heterocycles. The van der Waals surface area contributed by atoms with Crippen LogP contribution >= 0.6 is 0 Å². The van der Waals surface area contributed by atoms with Gasteiger partial charge in [-0.3, -0.25) is 4.99 Å². The average Bonchev–Trinajstić information content (AvgIpc) is 2.42. The largest absolute Gasteiger partial charge is 0.364 e. The number of benzene rings is 1. The number of H-pyrrole nitrogens is 1. The van der Waals surface area contributed by atoms with Crippen molar-refractivity contribution in [3.8, 4) is 0 Å². The van der Waals surface area contributed by atoms with E-state index in [0.29, 0.717) is 0 Å². The van der Waals surface area contributed by atoms with Crippen LogP contribution in [0.5, 0.6) is 0 Å². The van der Waals surface area contributed by atoms with Gasteiger partial charge in [0.2, 0.25) is 0 Å². The number of nitrogens with zero attached hydrogens (tertiary/aromatic N) is 1. The molecule has 0 spiro atoms. The summed E-state index contributed by atoms with van der Waals surface area (Å²) in [6.45, 7) is 0. The first-order valence-corrected chi connectivity index (χ1v) is 4.51. The van der Waals surface area contributed by atoms with Crippen molar-refractivity contribution >= 4 is 17.1 Å². The number of rotatable bonds is 0. The van der Waals surface area contributed by atoms with E-state index in [4.69, 9.17) is 0 Å². The highest BCUT2D eigenvalue weighted by atomic mass is 14.9. The van der Waals surface area contributed by atoms with Gasteiger partial charge in [0.15, 0.2) is 0 Å². The Hall–Kier alpha value is -2.03. The minimum Gasteiger partial charge on any atom is -0.364 e. The Morgan fingerprint density at radius 3 is 3.07 bits per heavy atom. The van der Waals surface area contributed by atoms with E-state index in [2.05, 4.69) is 27.4 Å². The van der Waals surface area contributed by atoms with Crippen molar-refractivity contribution in [2.45, 2.75) is 0 Å². The molecule has 0 atom stereocenters. The molecule has 3 nitrogen and oxygen atoms in total. The van der Waals surface area contributed by atoms with Gasteiger partial charge in [-0.1, -0.05) is 18.2 Å². The smallest absolute Gasteiger partial charge is 0.0973 e. The number of aromatic nitrogens is 1. The maximum atomic E-state index is 4.37. The summed E-state index contributed by atoms with van der Waals surface area (Å²) in [5.41, 5.74) is 1.12. The van der Waals surface area contributed by atoms with Crippen molar-refractivity contribution in [3.05, 3.63) is 47.4 Å². The molecular formula is C11H9N3. The van der Waals surface area contributed by atoms with E-state index in [9.17, 15) is 0 Å². The molecule has 0 fully saturated rings. The van der Waals surface area contributed by atoms with Crippen LogP contribution < -0.4 is 16.0 Å². The van der Waals surface area contributed by atoms with Gasteiger partial charge >= 0.3 is 0 Å². The van der Waals surface area contributed by atoms with Gasteiger partial charge in [0.25, 0.3) is 0 Å². The maximum Gasteiger partial charge on any atom is 0.0973 e. The van der Waals surface area contributed by atoms with Gasteiger partial charge in [-0.15, -0.1) is 0 Å². The van der Waals surface area contributed by atoms with Gasteiger partial charge in [-0.25, -0.2) is 0 Å². The Morgan fingerprint density at radius 1 is 1.14 bits per heavy atom. The highest BCUT2D eigenvalue weighted by molar-refractivity contribution is 5.79. The lowest BCUT2D eigenvalue weighted by Crippen LogP contribution is -2.23. The molecule has 3 rings (SSSR count). The zero-order chi connectivity index (χ0) is 9.38. The molecule has 2 heterocycles. The highest BCUT2D eigenvalue weighted by Crippen LogP contribution is 2.03. The molecule has 1 aliphatic heterocycles. The fraction of sp³-hybridized carbons (Fsp3) is 0.